The van der Waals surface area contributed by atoms with E-state index in [4.69, 9.17) is 0 Å². The van der Waals surface area contributed by atoms with Crippen LogP contribution in [0.5, 0.6) is 0 Å². The molecule has 0 radical (unpaired) electrons. The fourth-order valence-corrected chi connectivity index (χ4v) is 3.19. The molecule has 1 N–H and O–H groups in total. The molecule has 118 valence electrons. The Morgan fingerprint density at radius 1 is 1.09 bits per heavy atom. The summed E-state index contributed by atoms with van der Waals surface area (Å²) in [5.41, 5.74) is 3.72. The van der Waals surface area contributed by atoms with Crippen LogP contribution in [0, 0.1) is 13.8 Å². The van der Waals surface area contributed by atoms with Gasteiger partial charge in [-0.1, -0.05) is 24.3 Å². The molecule has 0 saturated carbocycles. The normalized spacial score (nSPS) is 17.7. The predicted octanol–water partition coefficient (Wildman–Crippen LogP) is 3.81. The van der Waals surface area contributed by atoms with E-state index in [1.807, 2.05) is 50.2 Å². The number of hydrogen-bond donors (Lipinski definition) is 1. The minimum absolute atomic E-state index is 0.160. The number of nitrogens with one attached hydrogen (secondary N) is 1. The van der Waals surface area contributed by atoms with Gasteiger partial charge in [0.2, 0.25) is 5.91 Å². The second-order valence-electron chi connectivity index (χ2n) is 5.67. The van der Waals surface area contributed by atoms with Crippen LogP contribution >= 0.6 is 15.9 Å². The first-order valence-corrected chi connectivity index (χ1v) is 8.22. The van der Waals surface area contributed by atoms with Gasteiger partial charge in [0.1, 0.15) is 6.04 Å². The summed E-state index contributed by atoms with van der Waals surface area (Å²) in [4.78, 5) is 26.3. The van der Waals surface area contributed by atoms with Crippen molar-refractivity contribution < 1.29 is 9.59 Å². The van der Waals surface area contributed by atoms with Crippen molar-refractivity contribution in [3.05, 3.63) is 58.1 Å². The summed E-state index contributed by atoms with van der Waals surface area (Å²) in [5.74, 6) is -0.410. The van der Waals surface area contributed by atoms with Crippen LogP contribution in [0.1, 0.15) is 17.5 Å². The Bertz CT molecular complexity index is 788. The summed E-state index contributed by atoms with van der Waals surface area (Å²) >= 11 is 3.40. The van der Waals surface area contributed by atoms with Gasteiger partial charge >= 0.3 is 0 Å². The molecule has 3 rings (SSSR count). The van der Waals surface area contributed by atoms with Crippen molar-refractivity contribution in [2.45, 2.75) is 26.3 Å². The van der Waals surface area contributed by atoms with Gasteiger partial charge in [0.05, 0.1) is 12.1 Å². The van der Waals surface area contributed by atoms with Crippen molar-refractivity contribution in [1.29, 1.82) is 0 Å². The number of hydrogen-bond acceptors (Lipinski definition) is 3. The number of nitrogens with zero attached hydrogens (tertiary/aromatic N) is 1. The summed E-state index contributed by atoms with van der Waals surface area (Å²) in [6.45, 7) is 4.03. The Hall–Kier alpha value is -2.14. The number of carbonyl (C=O) groups excluding carboxylic acids is 2. The molecule has 1 heterocycles. The van der Waals surface area contributed by atoms with Crippen LogP contribution in [0.15, 0.2) is 46.9 Å². The Morgan fingerprint density at radius 2 is 1.83 bits per heavy atom. The van der Waals surface area contributed by atoms with Crippen molar-refractivity contribution in [2.75, 3.05) is 10.2 Å². The van der Waals surface area contributed by atoms with Gasteiger partial charge in [-0.25, -0.2) is 4.90 Å². The molecule has 1 fully saturated rings. The maximum atomic E-state index is 12.7. The molecule has 2 aromatic carbocycles. The first-order valence-electron chi connectivity index (χ1n) is 7.43. The fraction of sp³-hybridized carbons (Fsp3) is 0.222. The smallest absolute Gasteiger partial charge is 0.256 e. The maximum absolute atomic E-state index is 12.7. The van der Waals surface area contributed by atoms with Crippen molar-refractivity contribution >= 4 is 39.1 Å². The number of imide groups is 1. The lowest BCUT2D eigenvalue weighted by molar-refractivity contribution is -0.121. The van der Waals surface area contributed by atoms with Gasteiger partial charge in [0.25, 0.3) is 5.91 Å². The highest BCUT2D eigenvalue weighted by Gasteiger charge is 2.40. The number of rotatable bonds is 3. The lowest BCUT2D eigenvalue weighted by Gasteiger charge is -2.18. The number of benzene rings is 2. The second-order valence-corrected chi connectivity index (χ2v) is 6.52. The molecule has 0 spiro atoms. The van der Waals surface area contributed by atoms with Crippen molar-refractivity contribution in [2.24, 2.45) is 0 Å². The molecule has 23 heavy (non-hydrogen) atoms. The van der Waals surface area contributed by atoms with E-state index in [1.165, 1.54) is 4.90 Å². The van der Waals surface area contributed by atoms with E-state index in [1.54, 1.807) is 6.07 Å². The summed E-state index contributed by atoms with van der Waals surface area (Å²) < 4.78 is 0.731. The molecule has 5 heteroatoms. The van der Waals surface area contributed by atoms with Crippen LogP contribution in [-0.4, -0.2) is 17.9 Å². The largest absolute Gasteiger partial charge is 0.373 e. The lowest BCUT2D eigenvalue weighted by Crippen LogP contribution is -2.35. The van der Waals surface area contributed by atoms with Crippen LogP contribution in [0.3, 0.4) is 0 Å². The minimum atomic E-state index is -0.532. The molecule has 1 saturated heterocycles. The number of anilines is 2. The average Bonchev–Trinajstić information content (AvgIpc) is 2.79. The third kappa shape index (κ3) is 2.88. The van der Waals surface area contributed by atoms with E-state index in [0.717, 1.165) is 21.3 Å². The number of halogens is 1. The topological polar surface area (TPSA) is 49.4 Å². The zero-order valence-electron chi connectivity index (χ0n) is 13.0. The van der Waals surface area contributed by atoms with Crippen molar-refractivity contribution in [1.82, 2.24) is 0 Å². The molecule has 0 bridgehead atoms. The Kier molecular flexibility index (Phi) is 4.22. The second kappa shape index (κ2) is 6.16. The predicted molar refractivity (Wildman–Crippen MR) is 94.6 cm³/mol. The molecule has 0 aliphatic carbocycles. The van der Waals surface area contributed by atoms with E-state index in [0.29, 0.717) is 5.69 Å². The van der Waals surface area contributed by atoms with Crippen LogP contribution < -0.4 is 10.2 Å². The Labute approximate surface area is 143 Å². The van der Waals surface area contributed by atoms with Gasteiger partial charge in [-0.05, 0) is 59.1 Å². The monoisotopic (exact) mass is 372 g/mol. The van der Waals surface area contributed by atoms with Gasteiger partial charge in [-0.2, -0.15) is 0 Å². The highest BCUT2D eigenvalue weighted by Crippen LogP contribution is 2.31. The van der Waals surface area contributed by atoms with Crippen LogP contribution in [0.25, 0.3) is 0 Å². The van der Waals surface area contributed by atoms with Crippen LogP contribution in [-0.2, 0) is 9.59 Å². The molecule has 4 nitrogen and oxygen atoms in total. The Morgan fingerprint density at radius 3 is 2.57 bits per heavy atom. The van der Waals surface area contributed by atoms with E-state index in [-0.39, 0.29) is 18.2 Å². The molecule has 1 aliphatic heterocycles. The first kappa shape index (κ1) is 15.7. The number of amides is 2. The summed E-state index contributed by atoms with van der Waals surface area (Å²) in [7, 11) is 0. The maximum Gasteiger partial charge on any atom is 0.256 e. The summed E-state index contributed by atoms with van der Waals surface area (Å²) in [6, 6.07) is 12.6. The number of carbonyl (C=O) groups is 2. The van der Waals surface area contributed by atoms with Gasteiger partial charge in [0.15, 0.2) is 0 Å². The molecular weight excluding hydrogens is 356 g/mol. The molecular formula is C18H17BrN2O2. The zero-order valence-corrected chi connectivity index (χ0v) is 14.6. The SMILES string of the molecule is Cc1cccc(NC2CC(=O)N(c3ccccc3Br)C2=O)c1C. The van der Waals surface area contributed by atoms with Gasteiger partial charge in [0, 0.05) is 10.2 Å². The van der Waals surface area contributed by atoms with Crippen molar-refractivity contribution in [3.8, 4) is 0 Å². The molecule has 1 unspecified atom stereocenters. The molecule has 1 atom stereocenters. The fourth-order valence-electron chi connectivity index (χ4n) is 2.73. The summed E-state index contributed by atoms with van der Waals surface area (Å²) in [5, 5.41) is 3.22. The van der Waals surface area contributed by atoms with Gasteiger partial charge < -0.3 is 5.32 Å². The van der Waals surface area contributed by atoms with E-state index >= 15 is 0 Å². The number of para-hydroxylation sites is 1. The zero-order chi connectivity index (χ0) is 16.6. The molecule has 2 amide bonds. The quantitative estimate of drug-likeness (QED) is 0.833. The minimum Gasteiger partial charge on any atom is -0.373 e. The number of aryl methyl sites for hydroxylation is 1. The van der Waals surface area contributed by atoms with E-state index in [9.17, 15) is 9.59 Å². The highest BCUT2D eigenvalue weighted by atomic mass is 79.9. The standard InChI is InChI=1S/C18H17BrN2O2/c1-11-6-5-8-14(12(11)2)20-15-10-17(22)21(18(15)23)16-9-4-3-7-13(16)19/h3-9,15,20H,10H2,1-2H3. The first-order chi connectivity index (χ1) is 11.0. The van der Waals surface area contributed by atoms with Gasteiger partial charge in [-0.3, -0.25) is 9.59 Å². The van der Waals surface area contributed by atoms with E-state index < -0.39 is 6.04 Å². The Balaban J connectivity index is 1.87. The van der Waals surface area contributed by atoms with Crippen LogP contribution in [0.2, 0.25) is 0 Å². The molecule has 1 aliphatic rings. The third-order valence-corrected chi connectivity index (χ3v) is 4.84. The van der Waals surface area contributed by atoms with Crippen molar-refractivity contribution in [3.63, 3.8) is 0 Å². The van der Waals surface area contributed by atoms with E-state index in [2.05, 4.69) is 21.2 Å². The van der Waals surface area contributed by atoms with Gasteiger partial charge in [-0.15, -0.1) is 0 Å². The molecule has 2 aromatic rings. The highest BCUT2D eigenvalue weighted by molar-refractivity contribution is 9.10. The van der Waals surface area contributed by atoms with Crippen LogP contribution in [0.4, 0.5) is 11.4 Å². The third-order valence-electron chi connectivity index (χ3n) is 4.17. The summed E-state index contributed by atoms with van der Waals surface area (Å²) in [6.07, 6.45) is 0.160. The lowest BCUT2D eigenvalue weighted by atomic mass is 10.1. The molecule has 0 aromatic heterocycles. The average molecular weight is 373 g/mol.